The highest BCUT2D eigenvalue weighted by molar-refractivity contribution is 6.29. The Balaban J connectivity index is 2.02. The van der Waals surface area contributed by atoms with Gasteiger partial charge in [-0.1, -0.05) is 23.7 Å². The van der Waals surface area contributed by atoms with Crippen LogP contribution in [-0.4, -0.2) is 51.0 Å². The van der Waals surface area contributed by atoms with Gasteiger partial charge in [-0.15, -0.1) is 0 Å². The van der Waals surface area contributed by atoms with Gasteiger partial charge in [-0.05, 0) is 17.7 Å². The first-order chi connectivity index (χ1) is 12.5. The van der Waals surface area contributed by atoms with Crippen LogP contribution in [0.2, 0.25) is 5.15 Å². The standard InChI is InChI=1S/C17H17ClN4O4/c1-26-12-4-2-11(3-5-12)10-21(6-7-23)13-8-15(18)20-22-14(17(24)25)9-19-16(13)22/h2-5,8-9,23H,6-7,10H2,1H3,(H,24,25). The van der Waals surface area contributed by atoms with E-state index in [-0.39, 0.29) is 17.5 Å². The van der Waals surface area contributed by atoms with E-state index < -0.39 is 5.97 Å². The Hall–Kier alpha value is -2.84. The molecule has 0 unspecified atom stereocenters. The minimum absolute atomic E-state index is 0.0860. The van der Waals surface area contributed by atoms with Gasteiger partial charge in [0.2, 0.25) is 0 Å². The number of hydrogen-bond acceptors (Lipinski definition) is 6. The molecule has 0 fully saturated rings. The van der Waals surface area contributed by atoms with Crippen LogP contribution >= 0.6 is 11.6 Å². The second kappa shape index (κ2) is 7.59. The molecule has 0 atom stereocenters. The first kappa shape index (κ1) is 18.0. The summed E-state index contributed by atoms with van der Waals surface area (Å²) in [5, 5.41) is 22.9. The number of carbonyl (C=O) groups is 1. The van der Waals surface area contributed by atoms with Crippen LogP contribution in [0.4, 0.5) is 5.69 Å². The first-order valence-corrected chi connectivity index (χ1v) is 8.17. The lowest BCUT2D eigenvalue weighted by atomic mass is 10.2. The third-order valence-corrected chi connectivity index (χ3v) is 4.07. The second-order valence-corrected chi connectivity index (χ2v) is 5.92. The van der Waals surface area contributed by atoms with Crippen molar-refractivity contribution >= 4 is 28.9 Å². The van der Waals surface area contributed by atoms with Crippen molar-refractivity contribution in [3.05, 3.63) is 52.9 Å². The predicted octanol–water partition coefficient (Wildman–Crippen LogP) is 2.09. The summed E-state index contributed by atoms with van der Waals surface area (Å²) in [5.41, 5.74) is 1.84. The van der Waals surface area contributed by atoms with Crippen LogP contribution in [0.5, 0.6) is 5.75 Å². The van der Waals surface area contributed by atoms with Crippen LogP contribution in [-0.2, 0) is 6.54 Å². The number of halogens is 1. The number of fused-ring (bicyclic) bond motifs is 1. The number of aliphatic hydroxyl groups excluding tert-OH is 1. The fraction of sp³-hybridized carbons (Fsp3) is 0.235. The monoisotopic (exact) mass is 376 g/mol. The number of rotatable bonds is 7. The molecule has 0 spiro atoms. The quantitative estimate of drug-likeness (QED) is 0.651. The van der Waals surface area contributed by atoms with Crippen LogP contribution in [0.25, 0.3) is 5.65 Å². The molecule has 0 saturated heterocycles. The summed E-state index contributed by atoms with van der Waals surface area (Å²) in [5.74, 6) is -0.404. The Morgan fingerprint density at radius 3 is 2.69 bits per heavy atom. The molecule has 8 nitrogen and oxygen atoms in total. The average molecular weight is 377 g/mol. The maximum absolute atomic E-state index is 11.3. The van der Waals surface area contributed by atoms with Crippen molar-refractivity contribution in [2.24, 2.45) is 0 Å². The molecular weight excluding hydrogens is 360 g/mol. The molecule has 3 aromatic rings. The molecule has 9 heteroatoms. The van der Waals surface area contributed by atoms with E-state index in [0.717, 1.165) is 11.3 Å². The zero-order valence-corrected chi connectivity index (χ0v) is 14.7. The Morgan fingerprint density at radius 1 is 1.35 bits per heavy atom. The number of ether oxygens (including phenoxy) is 1. The first-order valence-electron chi connectivity index (χ1n) is 7.79. The molecule has 136 valence electrons. The number of benzene rings is 1. The van der Waals surface area contributed by atoms with E-state index in [4.69, 9.17) is 16.3 Å². The largest absolute Gasteiger partial charge is 0.497 e. The van der Waals surface area contributed by atoms with E-state index in [2.05, 4.69) is 10.1 Å². The van der Waals surface area contributed by atoms with Crippen LogP contribution in [0.15, 0.2) is 36.5 Å². The van der Waals surface area contributed by atoms with E-state index in [1.54, 1.807) is 13.2 Å². The van der Waals surface area contributed by atoms with Crippen molar-refractivity contribution in [3.8, 4) is 5.75 Å². The Kier molecular flexibility index (Phi) is 5.24. The minimum Gasteiger partial charge on any atom is -0.497 e. The summed E-state index contributed by atoms with van der Waals surface area (Å²) < 4.78 is 6.35. The van der Waals surface area contributed by atoms with Gasteiger partial charge in [0.15, 0.2) is 16.5 Å². The maximum Gasteiger partial charge on any atom is 0.356 e. The summed E-state index contributed by atoms with van der Waals surface area (Å²) in [4.78, 5) is 17.4. The van der Waals surface area contributed by atoms with Gasteiger partial charge in [0, 0.05) is 19.2 Å². The number of aromatic carboxylic acids is 1. The van der Waals surface area contributed by atoms with Gasteiger partial charge in [0.05, 0.1) is 25.6 Å². The second-order valence-electron chi connectivity index (χ2n) is 5.53. The highest BCUT2D eigenvalue weighted by Gasteiger charge is 2.19. The fourth-order valence-electron chi connectivity index (χ4n) is 2.66. The number of imidazole rings is 1. The number of carboxylic acids is 1. The third kappa shape index (κ3) is 3.56. The molecule has 0 bridgehead atoms. The summed E-state index contributed by atoms with van der Waals surface area (Å²) in [7, 11) is 1.60. The van der Waals surface area contributed by atoms with Crippen LogP contribution in [0, 0.1) is 0 Å². The molecule has 0 aliphatic heterocycles. The lowest BCUT2D eigenvalue weighted by Gasteiger charge is -2.24. The number of methoxy groups -OCH3 is 1. The molecule has 2 N–H and O–H groups in total. The van der Waals surface area contributed by atoms with Gasteiger partial charge >= 0.3 is 5.97 Å². The van der Waals surface area contributed by atoms with Gasteiger partial charge in [0.25, 0.3) is 0 Å². The molecule has 0 radical (unpaired) electrons. The summed E-state index contributed by atoms with van der Waals surface area (Å²) in [6.07, 6.45) is 1.23. The van der Waals surface area contributed by atoms with Gasteiger partial charge in [-0.3, -0.25) is 0 Å². The highest BCUT2D eigenvalue weighted by atomic mass is 35.5. The Labute approximate surface area is 154 Å². The van der Waals surface area contributed by atoms with Crippen molar-refractivity contribution in [1.82, 2.24) is 14.6 Å². The van der Waals surface area contributed by atoms with Gasteiger partial charge in [-0.2, -0.15) is 5.10 Å². The van der Waals surface area contributed by atoms with Gasteiger partial charge in [-0.25, -0.2) is 14.3 Å². The molecule has 0 aliphatic rings. The number of aromatic nitrogens is 3. The van der Waals surface area contributed by atoms with Gasteiger partial charge < -0.3 is 19.8 Å². The molecule has 3 rings (SSSR count). The average Bonchev–Trinajstić information content (AvgIpc) is 3.05. The van der Waals surface area contributed by atoms with Crippen molar-refractivity contribution in [1.29, 1.82) is 0 Å². The SMILES string of the molecule is COc1ccc(CN(CCO)c2cc(Cl)nn3c(C(=O)O)cnc23)cc1. The molecular formula is C17H17ClN4O4. The minimum atomic E-state index is -1.15. The van der Waals surface area contributed by atoms with Gasteiger partial charge in [0.1, 0.15) is 5.75 Å². The lowest BCUT2D eigenvalue weighted by Crippen LogP contribution is -2.27. The Bertz CT molecular complexity index is 926. The van der Waals surface area contributed by atoms with E-state index in [1.165, 1.54) is 10.7 Å². The summed E-state index contributed by atoms with van der Waals surface area (Å²) in [6.45, 7) is 0.696. The Morgan fingerprint density at radius 2 is 2.08 bits per heavy atom. The zero-order valence-electron chi connectivity index (χ0n) is 14.0. The van der Waals surface area contributed by atoms with E-state index in [1.807, 2.05) is 29.2 Å². The summed E-state index contributed by atoms with van der Waals surface area (Å²) in [6, 6.07) is 9.13. The van der Waals surface area contributed by atoms with Crippen LogP contribution in [0.3, 0.4) is 0 Å². The molecule has 1 aromatic carbocycles. The predicted molar refractivity (Wildman–Crippen MR) is 96.1 cm³/mol. The normalized spacial score (nSPS) is 10.9. The van der Waals surface area contributed by atoms with E-state index in [9.17, 15) is 15.0 Å². The molecule has 2 aromatic heterocycles. The lowest BCUT2D eigenvalue weighted by molar-refractivity contribution is 0.0688. The topological polar surface area (TPSA) is 100 Å². The highest BCUT2D eigenvalue weighted by Crippen LogP contribution is 2.26. The number of carboxylic acid groups (broad SMARTS) is 1. The number of aliphatic hydroxyl groups is 1. The number of anilines is 1. The number of nitrogens with zero attached hydrogens (tertiary/aromatic N) is 4. The van der Waals surface area contributed by atoms with Crippen molar-refractivity contribution < 1.29 is 19.7 Å². The van der Waals surface area contributed by atoms with Crippen LogP contribution < -0.4 is 9.64 Å². The maximum atomic E-state index is 11.3. The molecule has 0 amide bonds. The summed E-state index contributed by atoms with van der Waals surface area (Å²) >= 11 is 6.09. The number of hydrogen-bond donors (Lipinski definition) is 2. The van der Waals surface area contributed by atoms with E-state index >= 15 is 0 Å². The van der Waals surface area contributed by atoms with Crippen molar-refractivity contribution in [2.45, 2.75) is 6.54 Å². The molecule has 26 heavy (non-hydrogen) atoms. The zero-order chi connectivity index (χ0) is 18.7. The smallest absolute Gasteiger partial charge is 0.356 e. The van der Waals surface area contributed by atoms with Crippen molar-refractivity contribution in [2.75, 3.05) is 25.2 Å². The van der Waals surface area contributed by atoms with Crippen molar-refractivity contribution in [3.63, 3.8) is 0 Å². The third-order valence-electron chi connectivity index (χ3n) is 3.88. The molecule has 0 aliphatic carbocycles. The fourth-order valence-corrected chi connectivity index (χ4v) is 2.84. The molecule has 0 saturated carbocycles. The van der Waals surface area contributed by atoms with E-state index in [0.29, 0.717) is 24.4 Å². The van der Waals surface area contributed by atoms with Crippen LogP contribution in [0.1, 0.15) is 16.1 Å². The molecule has 2 heterocycles.